The van der Waals surface area contributed by atoms with Gasteiger partial charge in [0.05, 0.1) is 25.5 Å². The summed E-state index contributed by atoms with van der Waals surface area (Å²) in [5.74, 6) is 0.412. The number of benzene rings is 3. The van der Waals surface area contributed by atoms with Gasteiger partial charge in [0.25, 0.3) is 0 Å². The number of oxime groups is 1. The van der Waals surface area contributed by atoms with Gasteiger partial charge in [-0.25, -0.2) is 0 Å². The summed E-state index contributed by atoms with van der Waals surface area (Å²) in [5.41, 5.74) is 3.36. The molecule has 7 heteroatoms. The molecule has 0 amide bonds. The quantitative estimate of drug-likeness (QED) is 0.231. The van der Waals surface area contributed by atoms with Crippen LogP contribution in [0.5, 0.6) is 11.5 Å². The fourth-order valence-electron chi connectivity index (χ4n) is 3.19. The first kappa shape index (κ1) is 24.3. The summed E-state index contributed by atoms with van der Waals surface area (Å²) in [6, 6.07) is 26.6. The normalized spacial score (nSPS) is 11.7. The molecule has 0 aliphatic carbocycles. The molecular weight excluding hydrogens is 432 g/mol. The van der Waals surface area contributed by atoms with E-state index in [4.69, 9.17) is 14.3 Å². The molecule has 0 fully saturated rings. The Balaban J connectivity index is 1.52. The Morgan fingerprint density at radius 1 is 0.912 bits per heavy atom. The van der Waals surface area contributed by atoms with Crippen LogP contribution in [0, 0.1) is 11.3 Å². The number of nitriles is 1. The molecule has 174 valence electrons. The van der Waals surface area contributed by atoms with Crippen molar-refractivity contribution in [1.82, 2.24) is 0 Å². The molecule has 0 saturated heterocycles. The van der Waals surface area contributed by atoms with Crippen LogP contribution in [0.2, 0.25) is 0 Å². The van der Waals surface area contributed by atoms with E-state index in [1.807, 2.05) is 54.6 Å². The first-order valence-corrected chi connectivity index (χ1v) is 10.7. The lowest BCUT2D eigenvalue weighted by Crippen LogP contribution is -2.13. The highest BCUT2D eigenvalue weighted by Crippen LogP contribution is 2.23. The number of ether oxygens (including phenoxy) is 3. The van der Waals surface area contributed by atoms with Crippen molar-refractivity contribution in [3.05, 3.63) is 95.6 Å². The van der Waals surface area contributed by atoms with Crippen LogP contribution in [0.3, 0.4) is 0 Å². The fraction of sp³-hybridized carbons (Fsp3) is 0.222. The van der Waals surface area contributed by atoms with Gasteiger partial charge < -0.3 is 19.0 Å². The van der Waals surface area contributed by atoms with Crippen molar-refractivity contribution in [2.75, 3.05) is 20.8 Å². The summed E-state index contributed by atoms with van der Waals surface area (Å²) in [6.45, 7) is 0.656. The number of nitrogens with zero attached hydrogens (tertiary/aromatic N) is 2. The van der Waals surface area contributed by atoms with Crippen molar-refractivity contribution >= 4 is 11.7 Å². The lowest BCUT2D eigenvalue weighted by atomic mass is 9.97. The van der Waals surface area contributed by atoms with Gasteiger partial charge in [-0.1, -0.05) is 59.8 Å². The zero-order chi connectivity index (χ0) is 24.2. The Morgan fingerprint density at radius 2 is 1.56 bits per heavy atom. The van der Waals surface area contributed by atoms with Crippen LogP contribution < -0.4 is 9.47 Å². The van der Waals surface area contributed by atoms with E-state index in [1.165, 1.54) is 14.2 Å². The Bertz CT molecular complexity index is 1120. The van der Waals surface area contributed by atoms with Gasteiger partial charge in [-0.2, -0.15) is 5.26 Å². The molecule has 0 aliphatic heterocycles. The molecule has 0 saturated carbocycles. The molecule has 3 rings (SSSR count). The molecule has 1 unspecified atom stereocenters. The van der Waals surface area contributed by atoms with E-state index in [1.54, 1.807) is 24.3 Å². The Hall–Kier alpha value is -4.31. The zero-order valence-electron chi connectivity index (χ0n) is 19.1. The van der Waals surface area contributed by atoms with Crippen molar-refractivity contribution in [2.45, 2.75) is 18.9 Å². The van der Waals surface area contributed by atoms with E-state index in [9.17, 15) is 10.1 Å². The van der Waals surface area contributed by atoms with Gasteiger partial charge in [0.15, 0.2) is 0 Å². The highest BCUT2D eigenvalue weighted by molar-refractivity contribution is 6.01. The van der Waals surface area contributed by atoms with Gasteiger partial charge in [0, 0.05) is 5.56 Å². The largest absolute Gasteiger partial charge is 0.489 e. The summed E-state index contributed by atoms with van der Waals surface area (Å²) in [4.78, 5) is 16.4. The van der Waals surface area contributed by atoms with E-state index < -0.39 is 11.9 Å². The molecule has 0 radical (unpaired) electrons. The molecular formula is C27H26N2O5. The second kappa shape index (κ2) is 12.7. The molecule has 7 nitrogen and oxygen atoms in total. The minimum Gasteiger partial charge on any atom is -0.489 e. The third kappa shape index (κ3) is 7.10. The second-order valence-electron chi connectivity index (χ2n) is 7.34. The molecule has 1 atom stereocenters. The highest BCUT2D eigenvalue weighted by Gasteiger charge is 2.16. The van der Waals surface area contributed by atoms with Gasteiger partial charge in [-0.3, -0.25) is 4.79 Å². The van der Waals surface area contributed by atoms with Crippen molar-refractivity contribution in [3.8, 4) is 17.6 Å². The number of carbonyl (C=O) groups excluding carboxylic acids is 1. The lowest BCUT2D eigenvalue weighted by Gasteiger charge is -2.11. The molecule has 0 bridgehead atoms. The fourth-order valence-corrected chi connectivity index (χ4v) is 3.19. The van der Waals surface area contributed by atoms with Gasteiger partial charge in [0.2, 0.25) is 0 Å². The predicted molar refractivity (Wildman–Crippen MR) is 128 cm³/mol. The van der Waals surface area contributed by atoms with Crippen LogP contribution >= 0.6 is 0 Å². The maximum absolute atomic E-state index is 11.5. The SMILES string of the molecule is CO/N=C(\COc1ccc(COc2ccc(C(C#N)CC(=O)OC)cc2)cc1)c1ccccc1. The molecule has 3 aromatic rings. The molecule has 3 aromatic carbocycles. The number of esters is 1. The van der Waals surface area contributed by atoms with Crippen LogP contribution in [0.15, 0.2) is 84.0 Å². The number of rotatable bonds is 11. The van der Waals surface area contributed by atoms with E-state index >= 15 is 0 Å². The summed E-state index contributed by atoms with van der Waals surface area (Å²) < 4.78 is 16.3. The van der Waals surface area contributed by atoms with Gasteiger partial charge >= 0.3 is 5.97 Å². The molecule has 0 aliphatic rings. The second-order valence-corrected chi connectivity index (χ2v) is 7.34. The number of hydrogen-bond acceptors (Lipinski definition) is 7. The summed E-state index contributed by atoms with van der Waals surface area (Å²) in [6.07, 6.45) is 0.0196. The number of hydrogen-bond donors (Lipinski definition) is 0. The Kier molecular flexibility index (Phi) is 9.06. The monoisotopic (exact) mass is 458 g/mol. The molecule has 34 heavy (non-hydrogen) atoms. The van der Waals surface area contributed by atoms with Crippen LogP contribution in [0.4, 0.5) is 0 Å². The van der Waals surface area contributed by atoms with E-state index in [0.717, 1.165) is 16.7 Å². The molecule has 0 heterocycles. The lowest BCUT2D eigenvalue weighted by molar-refractivity contribution is -0.140. The molecule has 0 spiro atoms. The minimum absolute atomic E-state index is 0.0196. The third-order valence-electron chi connectivity index (χ3n) is 5.05. The van der Waals surface area contributed by atoms with Crippen LogP contribution in [0.25, 0.3) is 0 Å². The van der Waals surface area contributed by atoms with Crippen LogP contribution in [0.1, 0.15) is 29.0 Å². The minimum atomic E-state index is -0.551. The van der Waals surface area contributed by atoms with Gasteiger partial charge in [-0.05, 0) is 35.4 Å². The van der Waals surface area contributed by atoms with Gasteiger partial charge in [0.1, 0.15) is 37.5 Å². The summed E-state index contributed by atoms with van der Waals surface area (Å²) in [7, 11) is 2.82. The average molecular weight is 459 g/mol. The first-order chi connectivity index (χ1) is 16.6. The average Bonchev–Trinajstić information content (AvgIpc) is 2.89. The maximum Gasteiger partial charge on any atom is 0.307 e. The number of methoxy groups -OCH3 is 1. The maximum atomic E-state index is 11.5. The standard InChI is InChI=1S/C27H26N2O5/c1-31-27(30)16-23(17-28)21-10-14-25(15-11-21)33-18-20-8-12-24(13-9-20)34-19-26(29-32-2)22-6-4-3-5-7-22/h3-15,23H,16,18-19H2,1-2H3/b29-26+. The van der Waals surface area contributed by atoms with Crippen LogP contribution in [-0.2, 0) is 21.0 Å². The van der Waals surface area contributed by atoms with Crippen molar-refractivity contribution in [3.63, 3.8) is 0 Å². The van der Waals surface area contributed by atoms with Crippen LogP contribution in [-0.4, -0.2) is 32.5 Å². The third-order valence-corrected chi connectivity index (χ3v) is 5.05. The Labute approximate surface area is 199 Å². The predicted octanol–water partition coefficient (Wildman–Crippen LogP) is 4.87. The van der Waals surface area contributed by atoms with Crippen molar-refractivity contribution < 1.29 is 23.8 Å². The first-order valence-electron chi connectivity index (χ1n) is 10.7. The van der Waals surface area contributed by atoms with E-state index in [-0.39, 0.29) is 13.0 Å². The number of carbonyl (C=O) groups is 1. The van der Waals surface area contributed by atoms with E-state index in [2.05, 4.69) is 16.0 Å². The summed E-state index contributed by atoms with van der Waals surface area (Å²) in [5, 5.41) is 13.4. The Morgan fingerprint density at radius 3 is 2.18 bits per heavy atom. The highest BCUT2D eigenvalue weighted by atomic mass is 16.6. The smallest absolute Gasteiger partial charge is 0.307 e. The molecule has 0 aromatic heterocycles. The van der Waals surface area contributed by atoms with Crippen molar-refractivity contribution in [1.29, 1.82) is 5.26 Å². The summed E-state index contributed by atoms with van der Waals surface area (Å²) >= 11 is 0. The zero-order valence-corrected chi connectivity index (χ0v) is 19.1. The topological polar surface area (TPSA) is 90.1 Å². The van der Waals surface area contributed by atoms with Crippen molar-refractivity contribution in [2.24, 2.45) is 5.16 Å². The van der Waals surface area contributed by atoms with E-state index in [0.29, 0.717) is 23.8 Å². The molecule has 0 N–H and O–H groups in total. The van der Waals surface area contributed by atoms with Gasteiger partial charge in [-0.15, -0.1) is 0 Å².